The molecule has 0 aliphatic carbocycles. The quantitative estimate of drug-likeness (QED) is 0.193. The van der Waals surface area contributed by atoms with Crippen LogP contribution >= 0.6 is 0 Å². The lowest BCUT2D eigenvalue weighted by atomic mass is 10.5. The van der Waals surface area contributed by atoms with Gasteiger partial charge in [0.2, 0.25) is 6.08 Å². The highest BCUT2D eigenvalue weighted by Gasteiger charge is 2.54. The number of nitrogens with zero attached hydrogens (tertiary/aromatic N) is 1. The lowest BCUT2D eigenvalue weighted by Crippen LogP contribution is -2.48. The van der Waals surface area contributed by atoms with Crippen molar-refractivity contribution in [2.45, 2.75) is 27.2 Å². The minimum absolute atomic E-state index is 0.241. The van der Waals surface area contributed by atoms with Gasteiger partial charge in [-0.3, -0.25) is 0 Å². The number of aliphatic imine (C=N–C) groups is 1. The molecule has 20 heavy (non-hydrogen) atoms. The highest BCUT2D eigenvalue weighted by molar-refractivity contribution is 6.54. The minimum atomic E-state index is -3.48. The van der Waals surface area contributed by atoms with E-state index in [-0.39, 0.29) is 6.61 Å². The Morgan fingerprint density at radius 3 is 1.85 bits per heavy atom. The van der Waals surface area contributed by atoms with Crippen LogP contribution in [0.3, 0.4) is 0 Å². The molecule has 6 nitrogen and oxygen atoms in total. The molecule has 0 heterocycles. The van der Waals surface area contributed by atoms with Gasteiger partial charge in [0.25, 0.3) is 0 Å². The highest BCUT2D eigenvalue weighted by Crippen LogP contribution is 2.21. The Bertz CT molecular complexity index is 374. The monoisotopic (exact) mass is 299 g/mol. The zero-order valence-corrected chi connectivity index (χ0v) is 13.2. The van der Waals surface area contributed by atoms with Crippen molar-refractivity contribution in [3.05, 3.63) is 37.0 Å². The first-order chi connectivity index (χ1) is 9.31. The van der Waals surface area contributed by atoms with Crippen molar-refractivity contribution < 1.29 is 22.5 Å². The summed E-state index contributed by atoms with van der Waals surface area (Å²) in [6.07, 6.45) is 1.96. The first kappa shape index (κ1) is 18.2. The van der Waals surface area contributed by atoms with Gasteiger partial charge in [0.15, 0.2) is 0 Å². The van der Waals surface area contributed by atoms with E-state index in [1.54, 1.807) is 20.8 Å². The van der Waals surface area contributed by atoms with E-state index in [9.17, 15) is 4.79 Å². The van der Waals surface area contributed by atoms with Gasteiger partial charge in [0, 0.05) is 6.61 Å². The van der Waals surface area contributed by atoms with Crippen molar-refractivity contribution in [3.63, 3.8) is 0 Å². The van der Waals surface area contributed by atoms with Crippen LogP contribution in [-0.2, 0) is 22.5 Å². The molecule has 0 aliphatic heterocycles. The van der Waals surface area contributed by atoms with Gasteiger partial charge in [-0.05, 0) is 27.2 Å². The standard InChI is InChI=1S/C13H21NO5Si/c1-11(2)17-20(18-12(3)4,19-13(5)6)16-9-7-8-14-10-15/h1,3,5,7-9H2,2,4,6H3. The van der Waals surface area contributed by atoms with Crippen molar-refractivity contribution in [3.8, 4) is 0 Å². The smallest absolute Gasteiger partial charge is 0.467 e. The third kappa shape index (κ3) is 8.31. The average molecular weight is 299 g/mol. The maximum absolute atomic E-state index is 9.97. The van der Waals surface area contributed by atoms with Crippen LogP contribution in [0.25, 0.3) is 0 Å². The Hall–Kier alpha value is -1.82. The van der Waals surface area contributed by atoms with Gasteiger partial charge in [-0.25, -0.2) is 9.79 Å². The average Bonchev–Trinajstić information content (AvgIpc) is 2.25. The number of allylic oxidation sites excluding steroid dienone is 3. The maximum atomic E-state index is 9.97. The molecule has 0 amide bonds. The lowest BCUT2D eigenvalue weighted by Gasteiger charge is -2.28. The molecule has 0 saturated carbocycles. The van der Waals surface area contributed by atoms with E-state index in [2.05, 4.69) is 24.7 Å². The predicted molar refractivity (Wildman–Crippen MR) is 77.0 cm³/mol. The van der Waals surface area contributed by atoms with E-state index < -0.39 is 9.05 Å². The van der Waals surface area contributed by atoms with Gasteiger partial charge in [-0.1, -0.05) is 19.7 Å². The first-order valence-corrected chi connectivity index (χ1v) is 7.66. The van der Waals surface area contributed by atoms with E-state index in [0.29, 0.717) is 30.2 Å². The summed E-state index contributed by atoms with van der Waals surface area (Å²) < 4.78 is 22.2. The Morgan fingerprint density at radius 1 is 1.05 bits per heavy atom. The highest BCUT2D eigenvalue weighted by atomic mass is 28.4. The maximum Gasteiger partial charge on any atom is 0.892 e. The molecule has 0 N–H and O–H groups in total. The van der Waals surface area contributed by atoms with Gasteiger partial charge >= 0.3 is 9.05 Å². The fraction of sp³-hybridized carbons (Fsp3) is 0.462. The summed E-state index contributed by atoms with van der Waals surface area (Å²) in [7, 11) is -3.48. The molecule has 0 rings (SSSR count). The third-order valence-corrected chi connectivity index (χ3v) is 4.01. The summed E-state index contributed by atoms with van der Waals surface area (Å²) in [5.41, 5.74) is 0. The Morgan fingerprint density at radius 2 is 1.50 bits per heavy atom. The summed E-state index contributed by atoms with van der Waals surface area (Å²) >= 11 is 0. The van der Waals surface area contributed by atoms with Crippen LogP contribution in [0.1, 0.15) is 27.2 Å². The number of isocyanates is 1. The number of rotatable bonds is 11. The van der Waals surface area contributed by atoms with Crippen molar-refractivity contribution in [1.29, 1.82) is 0 Å². The fourth-order valence-electron chi connectivity index (χ4n) is 1.18. The normalized spacial score (nSPS) is 10.2. The van der Waals surface area contributed by atoms with Crippen LogP contribution in [0.5, 0.6) is 0 Å². The van der Waals surface area contributed by atoms with E-state index in [1.807, 2.05) is 0 Å². The van der Waals surface area contributed by atoms with Crippen LogP contribution in [0.2, 0.25) is 0 Å². The molecule has 112 valence electrons. The first-order valence-electron chi connectivity index (χ1n) is 6.02. The topological polar surface area (TPSA) is 66.4 Å². The van der Waals surface area contributed by atoms with Crippen LogP contribution in [0.4, 0.5) is 0 Å². The Balaban J connectivity index is 4.85. The molecule has 0 fully saturated rings. The third-order valence-electron chi connectivity index (χ3n) is 1.66. The van der Waals surface area contributed by atoms with Gasteiger partial charge in [-0.15, -0.1) is 0 Å². The Kier molecular flexibility index (Phi) is 8.31. The van der Waals surface area contributed by atoms with Crippen LogP contribution in [0, 0.1) is 0 Å². The SMILES string of the molecule is C=C(C)O[Si](OCCCN=C=O)(OC(=C)C)OC(=C)C. The molecule has 0 radical (unpaired) electrons. The number of hydrogen-bond acceptors (Lipinski definition) is 6. The molecule has 0 spiro atoms. The molecule has 0 aromatic heterocycles. The van der Waals surface area contributed by atoms with Crippen LogP contribution < -0.4 is 0 Å². The molecular weight excluding hydrogens is 278 g/mol. The van der Waals surface area contributed by atoms with Crippen molar-refractivity contribution in [2.75, 3.05) is 13.2 Å². The predicted octanol–water partition coefficient (Wildman–Crippen LogP) is 2.82. The molecule has 7 heteroatoms. The summed E-state index contributed by atoms with van der Waals surface area (Å²) in [5, 5.41) is 0. The molecule has 0 aromatic rings. The van der Waals surface area contributed by atoms with E-state index in [1.165, 1.54) is 6.08 Å². The summed E-state index contributed by atoms with van der Waals surface area (Å²) in [6.45, 7) is 16.5. The Labute approximate surface area is 120 Å². The summed E-state index contributed by atoms with van der Waals surface area (Å²) in [4.78, 5) is 13.4. The number of hydrogen-bond donors (Lipinski definition) is 0. The summed E-state index contributed by atoms with van der Waals surface area (Å²) in [5.74, 6) is 1.18. The van der Waals surface area contributed by atoms with E-state index in [0.717, 1.165) is 0 Å². The van der Waals surface area contributed by atoms with Crippen molar-refractivity contribution in [1.82, 2.24) is 0 Å². The van der Waals surface area contributed by atoms with Crippen molar-refractivity contribution >= 4 is 15.1 Å². The molecule has 0 unspecified atom stereocenters. The van der Waals surface area contributed by atoms with Crippen LogP contribution in [0.15, 0.2) is 42.0 Å². The van der Waals surface area contributed by atoms with Gasteiger partial charge < -0.3 is 17.7 Å². The van der Waals surface area contributed by atoms with Gasteiger partial charge in [0.05, 0.1) is 23.8 Å². The van der Waals surface area contributed by atoms with Crippen LogP contribution in [-0.4, -0.2) is 28.3 Å². The second-order valence-corrected chi connectivity index (χ2v) is 5.99. The molecule has 0 bridgehead atoms. The van der Waals surface area contributed by atoms with E-state index >= 15 is 0 Å². The molecule has 0 atom stereocenters. The van der Waals surface area contributed by atoms with Gasteiger partial charge in [-0.2, -0.15) is 0 Å². The zero-order valence-electron chi connectivity index (χ0n) is 12.2. The minimum Gasteiger partial charge on any atom is -0.467 e. The molecule has 0 saturated heterocycles. The number of carbonyl (C=O) groups excluding carboxylic acids is 1. The largest absolute Gasteiger partial charge is 0.892 e. The van der Waals surface area contributed by atoms with E-state index in [4.69, 9.17) is 17.7 Å². The molecule has 0 aromatic carbocycles. The summed E-state index contributed by atoms with van der Waals surface area (Å²) in [6, 6.07) is 0. The second kappa shape index (κ2) is 9.14. The molecular formula is C13H21NO5Si. The molecule has 0 aliphatic rings. The zero-order chi connectivity index (χ0) is 15.6. The second-order valence-electron chi connectivity index (χ2n) is 4.09. The van der Waals surface area contributed by atoms with Crippen molar-refractivity contribution in [2.24, 2.45) is 4.99 Å². The lowest BCUT2D eigenvalue weighted by molar-refractivity contribution is 0.0207. The fourth-order valence-corrected chi connectivity index (χ4v) is 3.15. The van der Waals surface area contributed by atoms with Gasteiger partial charge in [0.1, 0.15) is 0 Å².